The molecule has 0 saturated heterocycles. The van der Waals surface area contributed by atoms with Gasteiger partial charge in [-0.15, -0.1) is 0 Å². The molecule has 7 nitrogen and oxygen atoms in total. The molecule has 1 rings (SSSR count). The molecule has 0 aromatic carbocycles. The Morgan fingerprint density at radius 1 is 1.14 bits per heavy atom. The second kappa shape index (κ2) is 9.58. The van der Waals surface area contributed by atoms with Crippen LogP contribution >= 0.6 is 0 Å². The molecular weight excluding hydrogens is 310 g/mol. The van der Waals surface area contributed by atoms with Crippen molar-refractivity contribution < 1.29 is 27.5 Å². The van der Waals surface area contributed by atoms with Gasteiger partial charge in [0.1, 0.15) is 6.61 Å². The molecule has 1 N–H and O–H groups in total. The van der Waals surface area contributed by atoms with Gasteiger partial charge in [-0.1, -0.05) is 19.3 Å². The number of ether oxygens (including phenoxy) is 2. The minimum Gasteiger partial charge on any atom is -0.466 e. The van der Waals surface area contributed by atoms with Crippen LogP contribution in [0.15, 0.2) is 12.2 Å². The van der Waals surface area contributed by atoms with Crippen molar-refractivity contribution in [1.82, 2.24) is 4.72 Å². The zero-order chi connectivity index (χ0) is 16.4. The minimum atomic E-state index is -3.34. The summed E-state index contributed by atoms with van der Waals surface area (Å²) in [5, 5.41) is 0. The van der Waals surface area contributed by atoms with Gasteiger partial charge >= 0.3 is 11.9 Å². The molecule has 0 aromatic rings. The van der Waals surface area contributed by atoms with Crippen molar-refractivity contribution in [2.75, 3.05) is 26.0 Å². The number of rotatable bonds is 8. The lowest BCUT2D eigenvalue weighted by atomic mass is 9.91. The Morgan fingerprint density at radius 2 is 1.77 bits per heavy atom. The third kappa shape index (κ3) is 8.14. The molecule has 1 aliphatic carbocycles. The van der Waals surface area contributed by atoms with Crippen LogP contribution in [0.4, 0.5) is 0 Å². The van der Waals surface area contributed by atoms with Crippen LogP contribution in [0.5, 0.6) is 0 Å². The lowest BCUT2D eigenvalue weighted by Gasteiger charge is -2.21. The summed E-state index contributed by atoms with van der Waals surface area (Å²) < 4.78 is 35.2. The second-order valence-corrected chi connectivity index (χ2v) is 7.06. The van der Waals surface area contributed by atoms with E-state index in [2.05, 4.69) is 9.46 Å². The van der Waals surface area contributed by atoms with Gasteiger partial charge in [-0.05, 0) is 18.8 Å². The molecule has 0 spiro atoms. The first-order valence-electron chi connectivity index (χ1n) is 7.33. The highest BCUT2D eigenvalue weighted by molar-refractivity contribution is 7.89. The van der Waals surface area contributed by atoms with Crippen LogP contribution in [0, 0.1) is 5.92 Å². The highest BCUT2D eigenvalue weighted by Crippen LogP contribution is 2.24. The molecule has 1 saturated carbocycles. The Labute approximate surface area is 131 Å². The van der Waals surface area contributed by atoms with Crippen molar-refractivity contribution in [1.29, 1.82) is 0 Å². The van der Waals surface area contributed by atoms with Crippen LogP contribution < -0.4 is 4.72 Å². The van der Waals surface area contributed by atoms with E-state index >= 15 is 0 Å². The zero-order valence-corrected chi connectivity index (χ0v) is 13.6. The second-order valence-electron chi connectivity index (χ2n) is 5.20. The summed E-state index contributed by atoms with van der Waals surface area (Å²) in [7, 11) is -2.15. The van der Waals surface area contributed by atoms with Gasteiger partial charge in [0.05, 0.1) is 12.9 Å². The minimum absolute atomic E-state index is 0.0207. The number of hydrogen-bond donors (Lipinski definition) is 1. The molecule has 0 aromatic heterocycles. The molecule has 1 fully saturated rings. The van der Waals surface area contributed by atoms with Crippen LogP contribution in [-0.2, 0) is 29.1 Å². The number of carbonyl (C=O) groups is 2. The molecule has 0 amide bonds. The van der Waals surface area contributed by atoms with Gasteiger partial charge in [-0.25, -0.2) is 22.7 Å². The van der Waals surface area contributed by atoms with Crippen molar-refractivity contribution in [2.45, 2.75) is 32.1 Å². The van der Waals surface area contributed by atoms with Gasteiger partial charge in [-0.3, -0.25) is 0 Å². The summed E-state index contributed by atoms with van der Waals surface area (Å²) in [6.07, 6.45) is 7.13. The average molecular weight is 333 g/mol. The lowest BCUT2D eigenvalue weighted by molar-refractivity contribution is -0.139. The van der Waals surface area contributed by atoms with E-state index in [1.807, 2.05) is 0 Å². The first-order chi connectivity index (χ1) is 10.4. The molecular formula is C14H23NO6S. The number of esters is 2. The number of sulfonamides is 1. The fourth-order valence-electron chi connectivity index (χ4n) is 2.32. The fraction of sp³-hybridized carbons (Fsp3) is 0.714. The van der Waals surface area contributed by atoms with E-state index in [0.717, 1.165) is 37.8 Å². The van der Waals surface area contributed by atoms with Crippen LogP contribution in [0.2, 0.25) is 0 Å². The Hall–Kier alpha value is -1.41. The molecule has 0 aliphatic heterocycles. The van der Waals surface area contributed by atoms with Gasteiger partial charge in [0, 0.05) is 18.7 Å². The zero-order valence-electron chi connectivity index (χ0n) is 12.7. The summed E-state index contributed by atoms with van der Waals surface area (Å²) >= 11 is 0. The predicted octanol–water partition coefficient (Wildman–Crippen LogP) is 0.758. The first-order valence-corrected chi connectivity index (χ1v) is 8.98. The monoisotopic (exact) mass is 333 g/mol. The third-order valence-electron chi connectivity index (χ3n) is 3.40. The lowest BCUT2D eigenvalue weighted by Crippen LogP contribution is -2.33. The van der Waals surface area contributed by atoms with E-state index in [4.69, 9.17) is 4.74 Å². The summed E-state index contributed by atoms with van der Waals surface area (Å²) in [6, 6.07) is 0. The normalized spacial score (nSPS) is 16.6. The van der Waals surface area contributed by atoms with E-state index in [9.17, 15) is 18.0 Å². The maximum atomic E-state index is 11.9. The van der Waals surface area contributed by atoms with Crippen molar-refractivity contribution in [3.05, 3.63) is 12.2 Å². The first kappa shape index (κ1) is 18.6. The van der Waals surface area contributed by atoms with Crippen LogP contribution in [0.25, 0.3) is 0 Å². The highest BCUT2D eigenvalue weighted by atomic mass is 32.2. The third-order valence-corrected chi connectivity index (χ3v) is 4.96. The number of carbonyl (C=O) groups excluding carboxylic acids is 2. The Kier molecular flexibility index (Phi) is 8.11. The van der Waals surface area contributed by atoms with Gasteiger partial charge in [0.2, 0.25) is 10.0 Å². The van der Waals surface area contributed by atoms with Crippen molar-refractivity contribution >= 4 is 22.0 Å². The Balaban J connectivity index is 2.20. The quantitative estimate of drug-likeness (QED) is 0.400. The standard InChI is InChI=1S/C14H23NO6S/c1-20-13(16)7-8-14(17)21-10-9-15-22(18,19)11-12-5-3-2-4-6-12/h7-8,12,15H,2-6,9-11H2,1H3/b8-7+. The maximum Gasteiger partial charge on any atom is 0.331 e. The molecule has 0 heterocycles. The maximum absolute atomic E-state index is 11.9. The van der Waals surface area contributed by atoms with Crippen molar-refractivity contribution in [3.63, 3.8) is 0 Å². The van der Waals surface area contributed by atoms with Crippen molar-refractivity contribution in [2.24, 2.45) is 5.92 Å². The van der Waals surface area contributed by atoms with E-state index in [1.165, 1.54) is 13.5 Å². The number of methoxy groups -OCH3 is 1. The average Bonchev–Trinajstić information content (AvgIpc) is 2.49. The SMILES string of the molecule is COC(=O)/C=C/C(=O)OCCNS(=O)(=O)CC1CCCCC1. The summed E-state index contributed by atoms with van der Waals surface area (Å²) in [5.74, 6) is -1.04. The molecule has 22 heavy (non-hydrogen) atoms. The Morgan fingerprint density at radius 3 is 2.41 bits per heavy atom. The molecule has 8 heteroatoms. The molecule has 1 aliphatic rings. The van der Waals surface area contributed by atoms with Crippen LogP contribution in [-0.4, -0.2) is 46.4 Å². The van der Waals surface area contributed by atoms with E-state index in [-0.39, 0.29) is 24.8 Å². The molecule has 0 atom stereocenters. The summed E-state index contributed by atoms with van der Waals surface area (Å²) in [4.78, 5) is 22.0. The molecule has 0 unspecified atom stereocenters. The van der Waals surface area contributed by atoms with E-state index in [0.29, 0.717) is 0 Å². The van der Waals surface area contributed by atoms with Crippen molar-refractivity contribution in [3.8, 4) is 0 Å². The van der Waals surface area contributed by atoms with Gasteiger partial charge in [0.25, 0.3) is 0 Å². The summed E-state index contributed by atoms with van der Waals surface area (Å²) in [6.45, 7) is -0.0684. The number of nitrogens with one attached hydrogen (secondary N) is 1. The Bertz CT molecular complexity index is 493. The molecule has 126 valence electrons. The smallest absolute Gasteiger partial charge is 0.331 e. The number of hydrogen-bond acceptors (Lipinski definition) is 6. The van der Waals surface area contributed by atoms with Crippen LogP contribution in [0.1, 0.15) is 32.1 Å². The van der Waals surface area contributed by atoms with E-state index < -0.39 is 22.0 Å². The molecule has 0 bridgehead atoms. The highest BCUT2D eigenvalue weighted by Gasteiger charge is 2.20. The topological polar surface area (TPSA) is 98.8 Å². The van der Waals surface area contributed by atoms with Gasteiger partial charge < -0.3 is 9.47 Å². The largest absolute Gasteiger partial charge is 0.466 e. The summed E-state index contributed by atoms with van der Waals surface area (Å²) in [5.41, 5.74) is 0. The molecule has 0 radical (unpaired) electrons. The predicted molar refractivity (Wildman–Crippen MR) is 80.5 cm³/mol. The fourth-order valence-corrected chi connectivity index (χ4v) is 3.79. The van der Waals surface area contributed by atoms with Gasteiger partial charge in [-0.2, -0.15) is 0 Å². The van der Waals surface area contributed by atoms with Gasteiger partial charge in [0.15, 0.2) is 0 Å². The van der Waals surface area contributed by atoms with Crippen LogP contribution in [0.3, 0.4) is 0 Å². The van der Waals surface area contributed by atoms with E-state index in [1.54, 1.807) is 0 Å².